The number of rotatable bonds is 4. The Morgan fingerprint density at radius 3 is 2.78 bits per heavy atom. The van der Waals surface area contributed by atoms with Crippen LogP contribution in [0.1, 0.15) is 26.2 Å². The second-order valence-corrected chi connectivity index (χ2v) is 1.98. The van der Waals surface area contributed by atoms with Crippen molar-refractivity contribution in [3.8, 4) is 6.07 Å². The van der Waals surface area contributed by atoms with Crippen LogP contribution < -0.4 is 0 Å². The monoisotopic (exact) mass is 125 g/mol. The van der Waals surface area contributed by atoms with E-state index in [1.165, 1.54) is 0 Å². The summed E-state index contributed by atoms with van der Waals surface area (Å²) in [5.41, 5.74) is 0. The van der Waals surface area contributed by atoms with Crippen molar-refractivity contribution in [3.63, 3.8) is 0 Å². The molecule has 0 aromatic heterocycles. The van der Waals surface area contributed by atoms with Gasteiger partial charge in [0.05, 0.1) is 6.07 Å². The van der Waals surface area contributed by atoms with Gasteiger partial charge < -0.3 is 4.79 Å². The van der Waals surface area contributed by atoms with E-state index >= 15 is 0 Å². The summed E-state index contributed by atoms with van der Waals surface area (Å²) >= 11 is 0. The van der Waals surface area contributed by atoms with E-state index in [1.807, 2.05) is 6.92 Å². The van der Waals surface area contributed by atoms with Crippen molar-refractivity contribution < 1.29 is 4.79 Å². The molecule has 0 aromatic carbocycles. The Balaban J connectivity index is 3.34. The Morgan fingerprint density at radius 1 is 1.78 bits per heavy atom. The summed E-state index contributed by atoms with van der Waals surface area (Å²) in [6.45, 7) is 1.96. The zero-order valence-corrected chi connectivity index (χ0v) is 5.63. The molecule has 0 aliphatic heterocycles. The van der Waals surface area contributed by atoms with E-state index in [9.17, 15) is 4.79 Å². The molecule has 1 atom stereocenters. The van der Waals surface area contributed by atoms with E-state index in [-0.39, 0.29) is 5.92 Å². The topological polar surface area (TPSA) is 40.9 Å². The van der Waals surface area contributed by atoms with Gasteiger partial charge >= 0.3 is 0 Å². The molecule has 0 saturated heterocycles. The minimum Gasteiger partial charge on any atom is -0.303 e. The third kappa shape index (κ3) is 3.72. The summed E-state index contributed by atoms with van der Waals surface area (Å²) in [7, 11) is 0. The molecule has 0 N–H and O–H groups in total. The Morgan fingerprint density at radius 2 is 2.44 bits per heavy atom. The van der Waals surface area contributed by atoms with Crippen molar-refractivity contribution >= 4 is 6.29 Å². The number of hydrogen-bond donors (Lipinski definition) is 0. The second kappa shape index (κ2) is 5.30. The van der Waals surface area contributed by atoms with Gasteiger partial charge in [-0.3, -0.25) is 0 Å². The van der Waals surface area contributed by atoms with Crippen molar-refractivity contribution in [2.45, 2.75) is 26.2 Å². The van der Waals surface area contributed by atoms with Gasteiger partial charge in [-0.15, -0.1) is 0 Å². The summed E-state index contributed by atoms with van der Waals surface area (Å²) < 4.78 is 0. The summed E-state index contributed by atoms with van der Waals surface area (Å²) in [5, 5.41) is 8.39. The normalized spacial score (nSPS) is 12.0. The van der Waals surface area contributed by atoms with Gasteiger partial charge in [0.1, 0.15) is 6.29 Å². The van der Waals surface area contributed by atoms with Crippen molar-refractivity contribution in [1.29, 1.82) is 5.26 Å². The highest BCUT2D eigenvalue weighted by Crippen LogP contribution is 2.06. The minimum atomic E-state index is 0.0789. The maximum atomic E-state index is 9.83. The standard InChI is InChI=1S/C7H11NO/c1-2-7(6-8)4-3-5-9/h5,7H,2-4H2,1H3. The van der Waals surface area contributed by atoms with Crippen molar-refractivity contribution in [1.82, 2.24) is 0 Å². The van der Waals surface area contributed by atoms with Gasteiger partial charge in [0.15, 0.2) is 0 Å². The molecule has 2 nitrogen and oxygen atoms in total. The first-order chi connectivity index (χ1) is 4.35. The van der Waals surface area contributed by atoms with Crippen molar-refractivity contribution in [2.24, 2.45) is 5.92 Å². The predicted molar refractivity (Wildman–Crippen MR) is 34.7 cm³/mol. The van der Waals surface area contributed by atoms with Gasteiger partial charge in [0, 0.05) is 12.3 Å². The third-order valence-electron chi connectivity index (χ3n) is 1.31. The number of carbonyl (C=O) groups is 1. The molecule has 0 spiro atoms. The molecule has 0 aromatic rings. The van der Waals surface area contributed by atoms with Gasteiger partial charge in [-0.05, 0) is 12.8 Å². The van der Waals surface area contributed by atoms with Crippen LogP contribution in [0.4, 0.5) is 0 Å². The van der Waals surface area contributed by atoms with Crippen LogP contribution in [-0.4, -0.2) is 6.29 Å². The van der Waals surface area contributed by atoms with Crippen LogP contribution in [0.5, 0.6) is 0 Å². The molecule has 0 heterocycles. The highest BCUT2D eigenvalue weighted by Gasteiger charge is 2.01. The summed E-state index contributed by atoms with van der Waals surface area (Å²) in [5.74, 6) is 0.0789. The van der Waals surface area contributed by atoms with Crippen LogP contribution in [0, 0.1) is 17.2 Å². The van der Waals surface area contributed by atoms with E-state index < -0.39 is 0 Å². The van der Waals surface area contributed by atoms with Gasteiger partial charge in [-0.25, -0.2) is 0 Å². The minimum absolute atomic E-state index is 0.0789. The molecule has 1 unspecified atom stereocenters. The van der Waals surface area contributed by atoms with Crippen LogP contribution in [-0.2, 0) is 4.79 Å². The Hall–Kier alpha value is -0.840. The smallest absolute Gasteiger partial charge is 0.120 e. The molecule has 9 heavy (non-hydrogen) atoms. The second-order valence-electron chi connectivity index (χ2n) is 1.98. The molecule has 0 fully saturated rings. The summed E-state index contributed by atoms with van der Waals surface area (Å²) in [4.78, 5) is 9.83. The van der Waals surface area contributed by atoms with Crippen molar-refractivity contribution in [2.75, 3.05) is 0 Å². The number of carbonyl (C=O) groups excluding carboxylic acids is 1. The number of aldehydes is 1. The lowest BCUT2D eigenvalue weighted by Gasteiger charge is -1.98. The molecular formula is C7H11NO. The number of hydrogen-bond acceptors (Lipinski definition) is 2. The fraction of sp³-hybridized carbons (Fsp3) is 0.714. The van der Waals surface area contributed by atoms with Crippen LogP contribution >= 0.6 is 0 Å². The van der Waals surface area contributed by atoms with Crippen LogP contribution in [0.3, 0.4) is 0 Å². The molecule has 0 rings (SSSR count). The number of nitriles is 1. The maximum Gasteiger partial charge on any atom is 0.120 e. The van der Waals surface area contributed by atoms with E-state index in [4.69, 9.17) is 5.26 Å². The lowest BCUT2D eigenvalue weighted by molar-refractivity contribution is -0.108. The van der Waals surface area contributed by atoms with Crippen LogP contribution in [0.2, 0.25) is 0 Å². The lowest BCUT2D eigenvalue weighted by Crippen LogP contribution is -1.94. The van der Waals surface area contributed by atoms with Gasteiger partial charge in [0.25, 0.3) is 0 Å². The van der Waals surface area contributed by atoms with Crippen LogP contribution in [0.15, 0.2) is 0 Å². The van der Waals surface area contributed by atoms with Gasteiger partial charge in [-0.1, -0.05) is 6.92 Å². The van der Waals surface area contributed by atoms with Gasteiger partial charge in [0.2, 0.25) is 0 Å². The molecule has 0 bridgehead atoms. The lowest BCUT2D eigenvalue weighted by atomic mass is 10.0. The van der Waals surface area contributed by atoms with E-state index in [1.54, 1.807) is 0 Å². The van der Waals surface area contributed by atoms with Gasteiger partial charge in [-0.2, -0.15) is 5.26 Å². The molecule has 0 radical (unpaired) electrons. The van der Waals surface area contributed by atoms with E-state index in [2.05, 4.69) is 6.07 Å². The zero-order chi connectivity index (χ0) is 7.11. The largest absolute Gasteiger partial charge is 0.303 e. The molecule has 0 aliphatic carbocycles. The van der Waals surface area contributed by atoms with Crippen LogP contribution in [0.25, 0.3) is 0 Å². The van der Waals surface area contributed by atoms with E-state index in [0.29, 0.717) is 6.42 Å². The average Bonchev–Trinajstić information content (AvgIpc) is 1.91. The molecule has 50 valence electrons. The fourth-order valence-electron chi connectivity index (χ4n) is 0.629. The highest BCUT2D eigenvalue weighted by atomic mass is 16.1. The SMILES string of the molecule is CCC(C#N)CCC=O. The third-order valence-corrected chi connectivity index (χ3v) is 1.31. The highest BCUT2D eigenvalue weighted by molar-refractivity contribution is 5.49. The first-order valence-electron chi connectivity index (χ1n) is 3.18. The Kier molecular flexibility index (Phi) is 4.81. The molecule has 0 saturated carbocycles. The quantitative estimate of drug-likeness (QED) is 0.534. The average molecular weight is 125 g/mol. The predicted octanol–water partition coefficient (Wildman–Crippen LogP) is 1.52. The zero-order valence-electron chi connectivity index (χ0n) is 5.63. The summed E-state index contributed by atoms with van der Waals surface area (Å²) in [6.07, 6.45) is 2.95. The van der Waals surface area contributed by atoms with Crippen molar-refractivity contribution in [3.05, 3.63) is 0 Å². The summed E-state index contributed by atoms with van der Waals surface area (Å²) in [6, 6.07) is 2.13. The first kappa shape index (κ1) is 8.16. The Bertz CT molecular complexity index is 115. The maximum absolute atomic E-state index is 9.83. The first-order valence-corrected chi connectivity index (χ1v) is 3.18. The Labute approximate surface area is 55.5 Å². The molecular weight excluding hydrogens is 114 g/mol. The molecule has 2 heteroatoms. The fourth-order valence-corrected chi connectivity index (χ4v) is 0.629. The van der Waals surface area contributed by atoms with E-state index in [0.717, 1.165) is 19.1 Å². The molecule has 0 aliphatic rings. The molecule has 0 amide bonds. The number of nitrogens with zero attached hydrogens (tertiary/aromatic N) is 1.